The lowest BCUT2D eigenvalue weighted by Crippen LogP contribution is -2.39. The van der Waals surface area contributed by atoms with Gasteiger partial charge in [-0.2, -0.15) is 5.10 Å². The Morgan fingerprint density at radius 2 is 2.00 bits per heavy atom. The average molecular weight is 291 g/mol. The Hall–Kier alpha value is -1.36. The van der Waals surface area contributed by atoms with Gasteiger partial charge in [-0.05, 0) is 45.4 Å². The minimum absolute atomic E-state index is 0.125. The first kappa shape index (κ1) is 14.6. The second kappa shape index (κ2) is 5.79. The number of hydrogen-bond donors (Lipinski definition) is 1. The standard InChI is InChI=1S/C16H25N3O2/c1-11(2)19-15(13-3-4-13)14(9-17-19)16(21)18-7-5-12(10-20)6-8-18/h9,11-13,20H,3-8,10H2,1-2H3. The number of amides is 1. The Labute approximate surface area is 125 Å². The zero-order valence-electron chi connectivity index (χ0n) is 13.0. The highest BCUT2D eigenvalue weighted by Crippen LogP contribution is 2.42. The van der Waals surface area contributed by atoms with Crippen molar-refractivity contribution in [1.82, 2.24) is 14.7 Å². The summed E-state index contributed by atoms with van der Waals surface area (Å²) >= 11 is 0. The fourth-order valence-corrected chi connectivity index (χ4v) is 3.20. The molecule has 116 valence electrons. The molecule has 1 aromatic heterocycles. The van der Waals surface area contributed by atoms with Crippen molar-refractivity contribution in [3.8, 4) is 0 Å². The highest BCUT2D eigenvalue weighted by molar-refractivity contribution is 5.95. The maximum atomic E-state index is 12.8. The Morgan fingerprint density at radius 3 is 2.52 bits per heavy atom. The molecule has 1 aliphatic heterocycles. The zero-order chi connectivity index (χ0) is 15.0. The molecule has 0 unspecified atom stereocenters. The van der Waals surface area contributed by atoms with Crippen molar-refractivity contribution in [2.24, 2.45) is 5.92 Å². The van der Waals surface area contributed by atoms with Gasteiger partial charge in [0.15, 0.2) is 0 Å². The van der Waals surface area contributed by atoms with Crippen molar-refractivity contribution in [2.75, 3.05) is 19.7 Å². The van der Waals surface area contributed by atoms with E-state index in [-0.39, 0.29) is 12.5 Å². The van der Waals surface area contributed by atoms with Gasteiger partial charge in [0.25, 0.3) is 5.91 Å². The molecule has 1 amide bonds. The Kier molecular flexibility index (Phi) is 4.02. The van der Waals surface area contributed by atoms with E-state index in [1.165, 1.54) is 12.8 Å². The predicted octanol–water partition coefficient (Wildman–Crippen LogP) is 2.19. The SMILES string of the molecule is CC(C)n1ncc(C(=O)N2CCC(CO)CC2)c1C1CC1. The number of carbonyl (C=O) groups is 1. The van der Waals surface area contributed by atoms with Crippen LogP contribution in [0.2, 0.25) is 0 Å². The van der Waals surface area contributed by atoms with E-state index in [1.54, 1.807) is 6.20 Å². The number of aromatic nitrogens is 2. The molecule has 1 saturated heterocycles. The number of piperidine rings is 1. The Bertz CT molecular complexity index is 512. The normalized spacial score (nSPS) is 20.3. The minimum atomic E-state index is 0.125. The van der Waals surface area contributed by atoms with E-state index in [9.17, 15) is 9.90 Å². The van der Waals surface area contributed by atoms with Gasteiger partial charge in [-0.25, -0.2) is 0 Å². The summed E-state index contributed by atoms with van der Waals surface area (Å²) in [7, 11) is 0. The van der Waals surface area contributed by atoms with E-state index in [2.05, 4.69) is 18.9 Å². The van der Waals surface area contributed by atoms with Crippen LogP contribution in [0.4, 0.5) is 0 Å². The van der Waals surface area contributed by atoms with Crippen LogP contribution in [0, 0.1) is 5.92 Å². The lowest BCUT2D eigenvalue weighted by atomic mass is 9.97. The topological polar surface area (TPSA) is 58.4 Å². The molecule has 5 nitrogen and oxygen atoms in total. The minimum Gasteiger partial charge on any atom is -0.396 e. The summed E-state index contributed by atoms with van der Waals surface area (Å²) in [4.78, 5) is 14.7. The summed E-state index contributed by atoms with van der Waals surface area (Å²) in [5.74, 6) is 0.999. The zero-order valence-corrected chi connectivity index (χ0v) is 13.0. The first-order chi connectivity index (χ1) is 10.1. The number of aliphatic hydroxyl groups is 1. The third kappa shape index (κ3) is 2.84. The molecule has 2 aliphatic rings. The molecule has 1 aromatic rings. The van der Waals surface area contributed by atoms with Crippen molar-refractivity contribution < 1.29 is 9.90 Å². The van der Waals surface area contributed by atoms with Crippen LogP contribution in [0.25, 0.3) is 0 Å². The number of nitrogens with zero attached hydrogens (tertiary/aromatic N) is 3. The molecule has 1 N–H and O–H groups in total. The van der Waals surface area contributed by atoms with Crippen LogP contribution in [-0.4, -0.2) is 45.4 Å². The van der Waals surface area contributed by atoms with Crippen LogP contribution in [-0.2, 0) is 0 Å². The Balaban J connectivity index is 1.79. The van der Waals surface area contributed by atoms with Crippen LogP contribution >= 0.6 is 0 Å². The van der Waals surface area contributed by atoms with Crippen LogP contribution in [0.15, 0.2) is 6.20 Å². The lowest BCUT2D eigenvalue weighted by Gasteiger charge is -2.31. The summed E-state index contributed by atoms with van der Waals surface area (Å²) in [5, 5.41) is 13.7. The van der Waals surface area contributed by atoms with Gasteiger partial charge < -0.3 is 10.0 Å². The van der Waals surface area contributed by atoms with Crippen molar-refractivity contribution >= 4 is 5.91 Å². The molecule has 2 heterocycles. The van der Waals surface area contributed by atoms with E-state index < -0.39 is 0 Å². The number of likely N-dealkylation sites (tertiary alicyclic amines) is 1. The fourth-order valence-electron chi connectivity index (χ4n) is 3.20. The van der Waals surface area contributed by atoms with Crippen molar-refractivity contribution in [3.05, 3.63) is 17.5 Å². The number of aliphatic hydroxyl groups excluding tert-OH is 1. The predicted molar refractivity (Wildman–Crippen MR) is 80.3 cm³/mol. The highest BCUT2D eigenvalue weighted by Gasteiger charge is 2.35. The van der Waals surface area contributed by atoms with Gasteiger partial charge in [-0.3, -0.25) is 9.48 Å². The molecule has 21 heavy (non-hydrogen) atoms. The molecule has 0 atom stereocenters. The summed E-state index contributed by atoms with van der Waals surface area (Å²) in [6.07, 6.45) is 5.91. The van der Waals surface area contributed by atoms with Gasteiger partial charge in [-0.1, -0.05) is 0 Å². The molecule has 1 aliphatic carbocycles. The van der Waals surface area contributed by atoms with Crippen molar-refractivity contribution in [1.29, 1.82) is 0 Å². The largest absolute Gasteiger partial charge is 0.396 e. The first-order valence-corrected chi connectivity index (χ1v) is 8.09. The van der Waals surface area contributed by atoms with Gasteiger partial charge in [0.05, 0.1) is 17.5 Å². The van der Waals surface area contributed by atoms with Gasteiger partial charge in [0.2, 0.25) is 0 Å². The lowest BCUT2D eigenvalue weighted by molar-refractivity contribution is 0.0649. The molecule has 3 rings (SSSR count). The number of hydrogen-bond acceptors (Lipinski definition) is 3. The van der Waals surface area contributed by atoms with E-state index in [0.717, 1.165) is 37.2 Å². The summed E-state index contributed by atoms with van der Waals surface area (Å²) in [5.41, 5.74) is 1.94. The average Bonchev–Trinajstić information content (AvgIpc) is 3.24. The highest BCUT2D eigenvalue weighted by atomic mass is 16.3. The fraction of sp³-hybridized carbons (Fsp3) is 0.750. The molecule has 0 radical (unpaired) electrons. The number of rotatable bonds is 4. The molecular weight excluding hydrogens is 266 g/mol. The second-order valence-corrected chi connectivity index (χ2v) is 6.67. The third-order valence-corrected chi connectivity index (χ3v) is 4.68. The van der Waals surface area contributed by atoms with Crippen LogP contribution in [0.1, 0.15) is 67.5 Å². The maximum Gasteiger partial charge on any atom is 0.257 e. The second-order valence-electron chi connectivity index (χ2n) is 6.67. The molecule has 1 saturated carbocycles. The molecular formula is C16H25N3O2. The molecule has 0 bridgehead atoms. The van der Waals surface area contributed by atoms with Crippen LogP contribution in [0.5, 0.6) is 0 Å². The van der Waals surface area contributed by atoms with Gasteiger partial charge in [0.1, 0.15) is 0 Å². The number of carbonyl (C=O) groups excluding carboxylic acids is 1. The van der Waals surface area contributed by atoms with Gasteiger partial charge in [0, 0.05) is 31.7 Å². The van der Waals surface area contributed by atoms with E-state index in [0.29, 0.717) is 17.9 Å². The summed E-state index contributed by atoms with van der Waals surface area (Å²) in [6, 6.07) is 0.294. The quantitative estimate of drug-likeness (QED) is 0.925. The summed E-state index contributed by atoms with van der Waals surface area (Å²) in [6.45, 7) is 5.96. The van der Waals surface area contributed by atoms with E-state index in [4.69, 9.17) is 0 Å². The van der Waals surface area contributed by atoms with Gasteiger partial charge >= 0.3 is 0 Å². The third-order valence-electron chi connectivity index (χ3n) is 4.68. The Morgan fingerprint density at radius 1 is 1.33 bits per heavy atom. The summed E-state index contributed by atoms with van der Waals surface area (Å²) < 4.78 is 2.02. The first-order valence-electron chi connectivity index (χ1n) is 8.09. The monoisotopic (exact) mass is 291 g/mol. The molecule has 0 spiro atoms. The molecule has 5 heteroatoms. The van der Waals surface area contributed by atoms with Crippen LogP contribution < -0.4 is 0 Å². The van der Waals surface area contributed by atoms with Crippen LogP contribution in [0.3, 0.4) is 0 Å². The van der Waals surface area contributed by atoms with E-state index in [1.807, 2.05) is 9.58 Å². The van der Waals surface area contributed by atoms with Crippen molar-refractivity contribution in [3.63, 3.8) is 0 Å². The van der Waals surface area contributed by atoms with Crippen molar-refractivity contribution in [2.45, 2.75) is 51.5 Å². The molecule has 2 fully saturated rings. The molecule has 0 aromatic carbocycles. The smallest absolute Gasteiger partial charge is 0.257 e. The van der Waals surface area contributed by atoms with Gasteiger partial charge in [-0.15, -0.1) is 0 Å². The maximum absolute atomic E-state index is 12.8. The van der Waals surface area contributed by atoms with E-state index >= 15 is 0 Å².